The van der Waals surface area contributed by atoms with Crippen molar-refractivity contribution >= 4 is 6.08 Å². The fourth-order valence-electron chi connectivity index (χ4n) is 1.22. The van der Waals surface area contributed by atoms with E-state index in [0.29, 0.717) is 6.42 Å². The zero-order valence-corrected chi connectivity index (χ0v) is 9.06. The molecule has 15 heavy (non-hydrogen) atoms. The number of aliphatic hydroxyl groups is 1. The Kier molecular flexibility index (Phi) is 4.71. The Bertz CT molecular complexity index is 309. The van der Waals surface area contributed by atoms with E-state index in [-0.39, 0.29) is 6.61 Å². The van der Waals surface area contributed by atoms with Crippen LogP contribution in [0.3, 0.4) is 0 Å². The topological polar surface area (TPSA) is 38.7 Å². The van der Waals surface area contributed by atoms with E-state index in [2.05, 4.69) is 0 Å². The van der Waals surface area contributed by atoms with Crippen molar-refractivity contribution in [2.75, 3.05) is 20.8 Å². The van der Waals surface area contributed by atoms with Gasteiger partial charge in [0.15, 0.2) is 0 Å². The lowest BCUT2D eigenvalue weighted by Crippen LogP contribution is -1.88. The molecule has 0 spiro atoms. The van der Waals surface area contributed by atoms with Gasteiger partial charge < -0.3 is 14.6 Å². The lowest BCUT2D eigenvalue weighted by molar-refractivity contribution is 0.303. The van der Waals surface area contributed by atoms with Crippen molar-refractivity contribution in [2.24, 2.45) is 0 Å². The number of hydrogen-bond acceptors (Lipinski definition) is 3. The van der Waals surface area contributed by atoms with Gasteiger partial charge in [-0.25, -0.2) is 0 Å². The number of methoxy groups -OCH3 is 2. The van der Waals surface area contributed by atoms with Crippen LogP contribution in [0.5, 0.6) is 11.5 Å². The molecule has 0 bridgehead atoms. The third kappa shape index (κ3) is 3.64. The summed E-state index contributed by atoms with van der Waals surface area (Å²) in [5, 5.41) is 8.65. The van der Waals surface area contributed by atoms with Crippen molar-refractivity contribution in [2.45, 2.75) is 6.42 Å². The zero-order chi connectivity index (χ0) is 11.1. The Morgan fingerprint density at radius 2 is 1.73 bits per heavy atom. The van der Waals surface area contributed by atoms with Crippen LogP contribution in [0, 0.1) is 0 Å². The molecule has 0 amide bonds. The van der Waals surface area contributed by atoms with E-state index in [4.69, 9.17) is 14.6 Å². The van der Waals surface area contributed by atoms with Gasteiger partial charge in [0.05, 0.1) is 14.2 Å². The summed E-state index contributed by atoms with van der Waals surface area (Å²) in [5.41, 5.74) is 1.000. The second-order valence-electron chi connectivity index (χ2n) is 3.06. The summed E-state index contributed by atoms with van der Waals surface area (Å²) in [7, 11) is 3.24. The normalized spacial score (nSPS) is 10.6. The maximum atomic E-state index is 8.65. The van der Waals surface area contributed by atoms with Gasteiger partial charge in [-0.05, 0) is 24.1 Å². The van der Waals surface area contributed by atoms with Crippen LogP contribution in [0.25, 0.3) is 6.08 Å². The zero-order valence-electron chi connectivity index (χ0n) is 9.06. The predicted octanol–water partition coefficient (Wildman–Crippen LogP) is 2.10. The molecule has 0 aliphatic carbocycles. The SMILES string of the molecule is COc1cc(C=CCCO)cc(OC)c1. The monoisotopic (exact) mass is 208 g/mol. The van der Waals surface area contributed by atoms with Gasteiger partial charge in [-0.1, -0.05) is 12.2 Å². The van der Waals surface area contributed by atoms with Crippen molar-refractivity contribution < 1.29 is 14.6 Å². The van der Waals surface area contributed by atoms with Crippen molar-refractivity contribution in [3.8, 4) is 11.5 Å². The minimum Gasteiger partial charge on any atom is -0.497 e. The second-order valence-corrected chi connectivity index (χ2v) is 3.06. The molecule has 0 aromatic heterocycles. The van der Waals surface area contributed by atoms with Gasteiger partial charge in [0.25, 0.3) is 0 Å². The maximum Gasteiger partial charge on any atom is 0.123 e. The Morgan fingerprint density at radius 1 is 1.13 bits per heavy atom. The number of rotatable bonds is 5. The molecule has 0 saturated carbocycles. The van der Waals surface area contributed by atoms with E-state index < -0.39 is 0 Å². The minimum atomic E-state index is 0.164. The van der Waals surface area contributed by atoms with Crippen LogP contribution in [0.2, 0.25) is 0 Å². The molecule has 0 aliphatic heterocycles. The highest BCUT2D eigenvalue weighted by molar-refractivity contribution is 5.55. The molecular weight excluding hydrogens is 192 g/mol. The highest BCUT2D eigenvalue weighted by Crippen LogP contribution is 2.23. The van der Waals surface area contributed by atoms with Crippen molar-refractivity contribution in [3.63, 3.8) is 0 Å². The van der Waals surface area contributed by atoms with Crippen molar-refractivity contribution in [3.05, 3.63) is 29.8 Å². The van der Waals surface area contributed by atoms with Gasteiger partial charge in [0.1, 0.15) is 11.5 Å². The summed E-state index contributed by atoms with van der Waals surface area (Å²) in [4.78, 5) is 0. The maximum absolute atomic E-state index is 8.65. The average molecular weight is 208 g/mol. The molecule has 0 atom stereocenters. The third-order valence-corrected chi connectivity index (χ3v) is 1.98. The Labute approximate surface area is 90.0 Å². The first-order valence-corrected chi connectivity index (χ1v) is 4.80. The fourth-order valence-corrected chi connectivity index (χ4v) is 1.22. The van der Waals surface area contributed by atoms with Crippen LogP contribution >= 0.6 is 0 Å². The molecule has 0 aliphatic rings. The molecule has 0 unspecified atom stereocenters. The summed E-state index contributed by atoms with van der Waals surface area (Å²) in [6, 6.07) is 5.65. The van der Waals surface area contributed by atoms with E-state index in [1.165, 1.54) is 0 Å². The minimum absolute atomic E-state index is 0.164. The average Bonchev–Trinajstić information content (AvgIpc) is 2.29. The molecule has 1 rings (SSSR count). The molecular formula is C12H16O3. The summed E-state index contributed by atoms with van der Waals surface area (Å²) < 4.78 is 10.3. The number of hydrogen-bond donors (Lipinski definition) is 1. The van der Waals surface area contributed by atoms with Crippen LogP contribution in [-0.2, 0) is 0 Å². The van der Waals surface area contributed by atoms with E-state index in [1.807, 2.05) is 30.4 Å². The molecule has 3 heteroatoms. The van der Waals surface area contributed by atoms with Crippen molar-refractivity contribution in [1.29, 1.82) is 0 Å². The Balaban J connectivity index is 2.86. The van der Waals surface area contributed by atoms with Gasteiger partial charge in [-0.15, -0.1) is 0 Å². The molecule has 0 radical (unpaired) electrons. The summed E-state index contributed by atoms with van der Waals surface area (Å²) in [6.45, 7) is 0.164. The van der Waals surface area contributed by atoms with Gasteiger partial charge in [-0.2, -0.15) is 0 Å². The smallest absolute Gasteiger partial charge is 0.123 e. The molecule has 3 nitrogen and oxygen atoms in total. The largest absolute Gasteiger partial charge is 0.497 e. The lowest BCUT2D eigenvalue weighted by Gasteiger charge is -2.05. The summed E-state index contributed by atoms with van der Waals surface area (Å²) >= 11 is 0. The second kappa shape index (κ2) is 6.09. The van der Waals surface area contributed by atoms with E-state index in [9.17, 15) is 0 Å². The molecule has 0 saturated heterocycles. The standard InChI is InChI=1S/C12H16O3/c1-14-11-7-10(5-3-4-6-13)8-12(9-11)15-2/h3,5,7-9,13H,4,6H2,1-2H3. The Morgan fingerprint density at radius 3 is 2.20 bits per heavy atom. The van der Waals surface area contributed by atoms with Crippen LogP contribution in [0.15, 0.2) is 24.3 Å². The highest BCUT2D eigenvalue weighted by Gasteiger charge is 1.98. The first kappa shape index (κ1) is 11.6. The summed E-state index contributed by atoms with van der Waals surface area (Å²) in [5.74, 6) is 1.52. The number of benzene rings is 1. The van der Waals surface area contributed by atoms with E-state index >= 15 is 0 Å². The van der Waals surface area contributed by atoms with Crippen LogP contribution in [0.1, 0.15) is 12.0 Å². The molecule has 82 valence electrons. The molecule has 0 fully saturated rings. The van der Waals surface area contributed by atoms with Crippen LogP contribution in [-0.4, -0.2) is 25.9 Å². The molecule has 1 aromatic rings. The molecule has 1 aromatic carbocycles. The van der Waals surface area contributed by atoms with Crippen molar-refractivity contribution in [1.82, 2.24) is 0 Å². The van der Waals surface area contributed by atoms with Gasteiger partial charge in [0.2, 0.25) is 0 Å². The van der Waals surface area contributed by atoms with Crippen LogP contribution < -0.4 is 9.47 Å². The Hall–Kier alpha value is -1.48. The number of aliphatic hydroxyl groups excluding tert-OH is 1. The molecule has 0 heterocycles. The summed E-state index contributed by atoms with van der Waals surface area (Å²) in [6.07, 6.45) is 4.50. The van der Waals surface area contributed by atoms with E-state index in [0.717, 1.165) is 17.1 Å². The quantitative estimate of drug-likeness (QED) is 0.805. The number of ether oxygens (including phenoxy) is 2. The lowest BCUT2D eigenvalue weighted by atomic mass is 10.2. The first-order valence-electron chi connectivity index (χ1n) is 4.80. The van der Waals surface area contributed by atoms with Gasteiger partial charge in [0, 0.05) is 12.7 Å². The predicted molar refractivity (Wildman–Crippen MR) is 60.3 cm³/mol. The van der Waals surface area contributed by atoms with Gasteiger partial charge in [-0.3, -0.25) is 0 Å². The van der Waals surface area contributed by atoms with E-state index in [1.54, 1.807) is 14.2 Å². The highest BCUT2D eigenvalue weighted by atomic mass is 16.5. The third-order valence-electron chi connectivity index (χ3n) is 1.98. The van der Waals surface area contributed by atoms with Crippen LogP contribution in [0.4, 0.5) is 0 Å². The molecule has 1 N–H and O–H groups in total. The fraction of sp³-hybridized carbons (Fsp3) is 0.333. The first-order chi connectivity index (χ1) is 7.30. The van der Waals surface area contributed by atoms with Gasteiger partial charge >= 0.3 is 0 Å².